The topological polar surface area (TPSA) is 94.6 Å². The van der Waals surface area contributed by atoms with Crippen LogP contribution < -0.4 is 15.5 Å². The molecule has 0 saturated carbocycles. The second-order valence-corrected chi connectivity index (χ2v) is 12.5. The molecule has 1 unspecified atom stereocenters. The van der Waals surface area contributed by atoms with Crippen LogP contribution in [0.15, 0.2) is 41.4 Å². The number of likely N-dealkylation sites (tertiary alicyclic amines) is 1. The van der Waals surface area contributed by atoms with Gasteiger partial charge >= 0.3 is 0 Å². The molecule has 0 aliphatic carbocycles. The number of likely N-dealkylation sites (N-methyl/N-ethyl adjacent to an activating group) is 1. The maximum absolute atomic E-state index is 12.9. The summed E-state index contributed by atoms with van der Waals surface area (Å²) in [4.78, 5) is 22.0. The number of halogens is 1. The van der Waals surface area contributed by atoms with Crippen LogP contribution in [0.3, 0.4) is 0 Å². The number of rotatable bonds is 8. The Kier molecular flexibility index (Phi) is 8.87. The summed E-state index contributed by atoms with van der Waals surface area (Å²) in [6.07, 6.45) is 8.23. The number of carbonyl (C=O) groups excluding carboxylic acids is 1. The maximum Gasteiger partial charge on any atom is 0.255 e. The zero-order valence-corrected chi connectivity index (χ0v) is 22.6. The van der Waals surface area contributed by atoms with Crippen molar-refractivity contribution >= 4 is 38.9 Å². The molecule has 0 spiro atoms. The van der Waals surface area contributed by atoms with Crippen molar-refractivity contribution in [3.63, 3.8) is 0 Å². The Hall–Kier alpha value is -2.20. The highest BCUT2D eigenvalue weighted by Crippen LogP contribution is 2.31. The van der Waals surface area contributed by atoms with Gasteiger partial charge in [-0.25, -0.2) is 13.4 Å². The first-order valence-electron chi connectivity index (χ1n) is 12.6. The first-order chi connectivity index (χ1) is 17.2. The van der Waals surface area contributed by atoms with Gasteiger partial charge in [0.15, 0.2) is 15.7 Å². The van der Waals surface area contributed by atoms with E-state index in [0.717, 1.165) is 51.7 Å². The minimum atomic E-state index is -3.48. The van der Waals surface area contributed by atoms with Crippen LogP contribution in [0.5, 0.6) is 0 Å². The van der Waals surface area contributed by atoms with E-state index < -0.39 is 9.84 Å². The summed E-state index contributed by atoms with van der Waals surface area (Å²) >= 11 is 6.04. The number of nitrogens with zero attached hydrogens (tertiary/aromatic N) is 3. The Morgan fingerprint density at radius 1 is 1.17 bits per heavy atom. The fourth-order valence-electron chi connectivity index (χ4n) is 5.07. The molecule has 1 amide bonds. The molecule has 36 heavy (non-hydrogen) atoms. The van der Waals surface area contributed by atoms with Crippen molar-refractivity contribution in [2.45, 2.75) is 43.0 Å². The summed E-state index contributed by atoms with van der Waals surface area (Å²) in [5.41, 5.74) is 0.790. The Balaban J connectivity index is 1.40. The van der Waals surface area contributed by atoms with Gasteiger partial charge < -0.3 is 20.4 Å². The van der Waals surface area contributed by atoms with E-state index >= 15 is 0 Å². The third kappa shape index (κ3) is 7.18. The minimum absolute atomic E-state index is 0.0713. The van der Waals surface area contributed by atoms with E-state index in [2.05, 4.69) is 32.5 Å². The van der Waals surface area contributed by atoms with E-state index in [1.165, 1.54) is 31.6 Å². The van der Waals surface area contributed by atoms with E-state index in [0.29, 0.717) is 34.1 Å². The molecule has 196 valence electrons. The second kappa shape index (κ2) is 11.9. The molecule has 3 heterocycles. The molecular formula is C26H36ClN5O3S. The van der Waals surface area contributed by atoms with Crippen molar-refractivity contribution in [3.05, 3.63) is 47.1 Å². The molecule has 2 aliphatic heterocycles. The summed E-state index contributed by atoms with van der Waals surface area (Å²) in [6.45, 7) is 4.96. The third-order valence-electron chi connectivity index (χ3n) is 7.13. The lowest BCUT2D eigenvalue weighted by molar-refractivity contribution is 0.102. The number of piperidine rings is 2. The highest BCUT2D eigenvalue weighted by molar-refractivity contribution is 7.90. The fraction of sp³-hybridized carbons (Fsp3) is 0.538. The summed E-state index contributed by atoms with van der Waals surface area (Å²) in [6, 6.07) is 8.73. The van der Waals surface area contributed by atoms with Crippen LogP contribution in [-0.4, -0.2) is 76.3 Å². The van der Waals surface area contributed by atoms with E-state index in [9.17, 15) is 13.2 Å². The number of aromatic nitrogens is 1. The molecule has 2 fully saturated rings. The van der Waals surface area contributed by atoms with Crippen molar-refractivity contribution in [3.8, 4) is 0 Å². The molecule has 4 rings (SSSR count). The van der Waals surface area contributed by atoms with Gasteiger partial charge in [0.05, 0.1) is 10.6 Å². The number of amides is 1. The van der Waals surface area contributed by atoms with Crippen LogP contribution in [-0.2, 0) is 9.84 Å². The molecule has 1 aromatic heterocycles. The molecule has 1 aromatic carbocycles. The van der Waals surface area contributed by atoms with Crippen molar-refractivity contribution < 1.29 is 13.2 Å². The lowest BCUT2D eigenvalue weighted by Gasteiger charge is -2.35. The predicted molar refractivity (Wildman–Crippen MR) is 145 cm³/mol. The van der Waals surface area contributed by atoms with Crippen LogP contribution in [0.2, 0.25) is 5.02 Å². The van der Waals surface area contributed by atoms with E-state index in [4.69, 9.17) is 11.6 Å². The maximum atomic E-state index is 12.9. The number of anilines is 2. The Morgan fingerprint density at radius 3 is 2.64 bits per heavy atom. The Labute approximate surface area is 219 Å². The summed E-state index contributed by atoms with van der Waals surface area (Å²) in [7, 11) is -1.29. The minimum Gasteiger partial charge on any atom is -0.355 e. The number of sulfone groups is 1. The molecule has 2 aromatic rings. The Morgan fingerprint density at radius 2 is 1.94 bits per heavy atom. The zero-order chi connectivity index (χ0) is 25.7. The molecule has 0 bridgehead atoms. The van der Waals surface area contributed by atoms with Crippen molar-refractivity contribution in [1.29, 1.82) is 0 Å². The number of carbonyl (C=O) groups is 1. The first kappa shape index (κ1) is 26.9. The summed E-state index contributed by atoms with van der Waals surface area (Å²) in [5.74, 6) is 0.870. The van der Waals surface area contributed by atoms with Gasteiger partial charge in [0.1, 0.15) is 0 Å². The lowest BCUT2D eigenvalue weighted by Crippen LogP contribution is -2.44. The first-order valence-corrected chi connectivity index (χ1v) is 14.9. The van der Waals surface area contributed by atoms with Crippen LogP contribution in [0, 0.1) is 5.92 Å². The summed E-state index contributed by atoms with van der Waals surface area (Å²) < 4.78 is 24.3. The molecule has 10 heteroatoms. The fourth-order valence-corrected chi connectivity index (χ4v) is 5.83. The number of hydrogen-bond donors (Lipinski definition) is 2. The highest BCUT2D eigenvalue weighted by Gasteiger charge is 2.25. The van der Waals surface area contributed by atoms with Gasteiger partial charge in [0.25, 0.3) is 5.91 Å². The van der Waals surface area contributed by atoms with E-state index in [1.807, 2.05) is 0 Å². The lowest BCUT2D eigenvalue weighted by atomic mass is 9.93. The van der Waals surface area contributed by atoms with Gasteiger partial charge in [-0.3, -0.25) is 4.79 Å². The Bertz CT molecular complexity index is 1170. The smallest absolute Gasteiger partial charge is 0.255 e. The van der Waals surface area contributed by atoms with Crippen LogP contribution >= 0.6 is 11.6 Å². The molecule has 1 atom stereocenters. The monoisotopic (exact) mass is 533 g/mol. The van der Waals surface area contributed by atoms with Crippen molar-refractivity contribution in [2.24, 2.45) is 5.92 Å². The van der Waals surface area contributed by atoms with Crippen LogP contribution in [0.1, 0.15) is 42.5 Å². The number of nitrogens with one attached hydrogen (secondary N) is 2. The predicted octanol–water partition coefficient (Wildman–Crippen LogP) is 3.68. The largest absolute Gasteiger partial charge is 0.355 e. The van der Waals surface area contributed by atoms with Crippen molar-refractivity contribution in [1.82, 2.24) is 15.2 Å². The quantitative estimate of drug-likeness (QED) is 0.534. The second-order valence-electron chi connectivity index (χ2n) is 10.1. The average Bonchev–Trinajstić information content (AvgIpc) is 2.84. The average molecular weight is 534 g/mol. The molecular weight excluding hydrogens is 498 g/mol. The number of hydrogen-bond acceptors (Lipinski definition) is 7. The standard InChI is InChI=1S/C26H36ClN5O3S/c1-31-12-4-7-22(18-31)28-11-8-19-9-13-32(14-10-19)25-24(16-23(17-29-25)36(2,34)35)30-26(33)20-5-3-6-21(27)15-20/h3,5-6,15-17,19,22,28H,4,7-14,18H2,1-2H3,(H,30,33). The van der Waals surface area contributed by atoms with Gasteiger partial charge in [-0.15, -0.1) is 0 Å². The van der Waals surface area contributed by atoms with Crippen LogP contribution in [0.25, 0.3) is 0 Å². The van der Waals surface area contributed by atoms with E-state index in [1.54, 1.807) is 24.3 Å². The molecule has 2 aliphatic rings. The van der Waals surface area contributed by atoms with Gasteiger partial charge in [-0.2, -0.15) is 0 Å². The van der Waals surface area contributed by atoms with Gasteiger partial charge in [-0.1, -0.05) is 17.7 Å². The molecule has 2 N–H and O–H groups in total. The molecule has 8 nitrogen and oxygen atoms in total. The number of benzene rings is 1. The summed E-state index contributed by atoms with van der Waals surface area (Å²) in [5, 5.41) is 7.06. The SMILES string of the molecule is CN1CCCC(NCCC2CCN(c3ncc(S(C)(=O)=O)cc3NC(=O)c3cccc(Cl)c3)CC2)C1. The van der Waals surface area contributed by atoms with E-state index in [-0.39, 0.29) is 10.8 Å². The third-order valence-corrected chi connectivity index (χ3v) is 8.44. The van der Waals surface area contributed by atoms with Gasteiger partial charge in [0, 0.05) is 48.7 Å². The van der Waals surface area contributed by atoms with Crippen molar-refractivity contribution in [2.75, 3.05) is 56.2 Å². The highest BCUT2D eigenvalue weighted by atomic mass is 35.5. The molecule has 2 saturated heterocycles. The van der Waals surface area contributed by atoms with Crippen LogP contribution in [0.4, 0.5) is 11.5 Å². The van der Waals surface area contributed by atoms with Gasteiger partial charge in [-0.05, 0) is 82.4 Å². The van der Waals surface area contributed by atoms with Gasteiger partial charge in [0.2, 0.25) is 0 Å². The zero-order valence-electron chi connectivity index (χ0n) is 21.0. The molecule has 0 radical (unpaired) electrons. The normalized spacial score (nSPS) is 19.9. The number of pyridine rings is 1.